The largest absolute Gasteiger partial charge is 0.496 e. The third kappa shape index (κ3) is 3.80. The Kier molecular flexibility index (Phi) is 6.02. The van der Waals surface area contributed by atoms with Crippen molar-refractivity contribution in [2.75, 3.05) is 21.3 Å². The van der Waals surface area contributed by atoms with E-state index in [0.29, 0.717) is 11.3 Å². The number of carbonyl (C=O) groups is 1. The van der Waals surface area contributed by atoms with Gasteiger partial charge in [0.2, 0.25) is 10.0 Å². The van der Waals surface area contributed by atoms with Gasteiger partial charge in [0.05, 0.1) is 14.2 Å². The van der Waals surface area contributed by atoms with Crippen LogP contribution in [0.4, 0.5) is 0 Å². The summed E-state index contributed by atoms with van der Waals surface area (Å²) in [5, 5.41) is 1.55. The van der Waals surface area contributed by atoms with Crippen LogP contribution in [0.5, 0.6) is 5.75 Å². The maximum atomic E-state index is 12.8. The lowest BCUT2D eigenvalue weighted by molar-refractivity contribution is 0.0602. The zero-order valence-electron chi connectivity index (χ0n) is 13.3. The van der Waals surface area contributed by atoms with Crippen molar-refractivity contribution in [3.8, 4) is 5.75 Å². The van der Waals surface area contributed by atoms with Gasteiger partial charge >= 0.3 is 5.97 Å². The molecule has 0 radical (unpaired) electrons. The Morgan fingerprint density at radius 2 is 2.00 bits per heavy atom. The molecular formula is C15H16BrNO5S2. The molecule has 0 aliphatic rings. The van der Waals surface area contributed by atoms with E-state index in [2.05, 4.69) is 20.7 Å². The van der Waals surface area contributed by atoms with E-state index >= 15 is 0 Å². The Morgan fingerprint density at radius 3 is 2.62 bits per heavy atom. The van der Waals surface area contributed by atoms with Crippen LogP contribution in [-0.2, 0) is 21.3 Å². The summed E-state index contributed by atoms with van der Waals surface area (Å²) in [7, 11) is 0.347. The Morgan fingerprint density at radius 1 is 1.29 bits per heavy atom. The number of thiophene rings is 1. The monoisotopic (exact) mass is 433 g/mol. The van der Waals surface area contributed by atoms with Crippen LogP contribution >= 0.6 is 27.3 Å². The molecule has 0 spiro atoms. The van der Waals surface area contributed by atoms with Gasteiger partial charge in [-0.3, -0.25) is 0 Å². The molecule has 0 N–H and O–H groups in total. The van der Waals surface area contributed by atoms with Gasteiger partial charge in [-0.25, -0.2) is 13.2 Å². The molecule has 130 valence electrons. The first-order valence-electron chi connectivity index (χ1n) is 6.75. The normalized spacial score (nSPS) is 11.5. The second-order valence-corrected chi connectivity index (χ2v) is 8.67. The second kappa shape index (κ2) is 7.64. The van der Waals surface area contributed by atoms with Crippen molar-refractivity contribution in [3.63, 3.8) is 0 Å². The minimum atomic E-state index is -3.85. The van der Waals surface area contributed by atoms with Crippen LogP contribution in [-0.4, -0.2) is 40.0 Å². The molecule has 0 amide bonds. The van der Waals surface area contributed by atoms with Crippen molar-refractivity contribution in [3.05, 3.63) is 44.6 Å². The summed E-state index contributed by atoms with van der Waals surface area (Å²) >= 11 is 4.39. The molecule has 0 saturated heterocycles. The van der Waals surface area contributed by atoms with Crippen molar-refractivity contribution >= 4 is 43.3 Å². The molecule has 24 heavy (non-hydrogen) atoms. The molecule has 1 heterocycles. The second-order valence-electron chi connectivity index (χ2n) is 4.82. The number of carbonyl (C=O) groups excluding carboxylic acids is 1. The van der Waals surface area contributed by atoms with E-state index in [-0.39, 0.29) is 16.3 Å². The molecule has 0 aliphatic carbocycles. The molecule has 0 aliphatic heterocycles. The number of esters is 1. The van der Waals surface area contributed by atoms with E-state index in [1.54, 1.807) is 17.5 Å². The Bertz CT molecular complexity index is 847. The van der Waals surface area contributed by atoms with Crippen LogP contribution in [0.15, 0.2) is 39.0 Å². The fourth-order valence-corrected chi connectivity index (χ4v) is 4.97. The predicted molar refractivity (Wildman–Crippen MR) is 95.0 cm³/mol. The van der Waals surface area contributed by atoms with Gasteiger partial charge in [0.25, 0.3) is 0 Å². The standard InChI is InChI=1S/C15H16BrNO5S2/c1-17(9-10-8-11(16)4-5-12(10)21-2)24(19,20)13-6-7-23-14(13)15(18)22-3/h4-8H,9H2,1-3H3. The predicted octanol–water partition coefficient (Wildman–Crippen LogP) is 3.13. The van der Waals surface area contributed by atoms with Crippen molar-refractivity contribution < 1.29 is 22.7 Å². The zero-order chi connectivity index (χ0) is 17.9. The van der Waals surface area contributed by atoms with E-state index in [4.69, 9.17) is 4.74 Å². The highest BCUT2D eigenvalue weighted by molar-refractivity contribution is 9.10. The van der Waals surface area contributed by atoms with E-state index < -0.39 is 16.0 Å². The first-order chi connectivity index (χ1) is 11.3. The number of methoxy groups -OCH3 is 2. The minimum absolute atomic E-state index is 0.0594. The number of ether oxygens (including phenoxy) is 2. The molecular weight excluding hydrogens is 418 g/mol. The van der Waals surface area contributed by atoms with E-state index in [1.165, 1.54) is 31.6 Å². The topological polar surface area (TPSA) is 72.9 Å². The summed E-state index contributed by atoms with van der Waals surface area (Å²) in [6.07, 6.45) is 0. The maximum Gasteiger partial charge on any atom is 0.349 e. The van der Waals surface area contributed by atoms with Gasteiger partial charge in [-0.05, 0) is 29.6 Å². The molecule has 1 aromatic heterocycles. The smallest absolute Gasteiger partial charge is 0.349 e. The first-order valence-corrected chi connectivity index (χ1v) is 9.87. The third-order valence-corrected chi connectivity index (χ3v) is 6.69. The molecule has 6 nitrogen and oxygen atoms in total. The summed E-state index contributed by atoms with van der Waals surface area (Å²) in [4.78, 5) is 11.7. The van der Waals surface area contributed by atoms with Gasteiger partial charge in [-0.2, -0.15) is 4.31 Å². The third-order valence-electron chi connectivity index (χ3n) is 3.32. The number of hydrogen-bond donors (Lipinski definition) is 0. The number of halogens is 1. The molecule has 1 aromatic carbocycles. The number of benzene rings is 1. The SMILES string of the molecule is COC(=O)c1sccc1S(=O)(=O)N(C)Cc1cc(Br)ccc1OC. The van der Waals surface area contributed by atoms with E-state index in [1.807, 2.05) is 6.07 Å². The van der Waals surface area contributed by atoms with Crippen LogP contribution in [0.3, 0.4) is 0 Å². The van der Waals surface area contributed by atoms with Crippen molar-refractivity contribution in [1.82, 2.24) is 4.31 Å². The van der Waals surface area contributed by atoms with Gasteiger partial charge < -0.3 is 9.47 Å². The van der Waals surface area contributed by atoms with E-state index in [0.717, 1.165) is 15.8 Å². The molecule has 9 heteroatoms. The number of nitrogens with zero attached hydrogens (tertiary/aromatic N) is 1. The van der Waals surface area contributed by atoms with Gasteiger partial charge in [-0.1, -0.05) is 15.9 Å². The highest BCUT2D eigenvalue weighted by Gasteiger charge is 2.29. The number of rotatable bonds is 6. The highest BCUT2D eigenvalue weighted by Crippen LogP contribution is 2.29. The lowest BCUT2D eigenvalue weighted by Gasteiger charge is -2.19. The lowest BCUT2D eigenvalue weighted by atomic mass is 10.2. The summed E-state index contributed by atoms with van der Waals surface area (Å²) in [5.74, 6) is -0.0872. The molecule has 2 rings (SSSR count). The number of hydrogen-bond acceptors (Lipinski definition) is 6. The average Bonchev–Trinajstić information content (AvgIpc) is 3.04. The lowest BCUT2D eigenvalue weighted by Crippen LogP contribution is -2.27. The summed E-state index contributed by atoms with van der Waals surface area (Å²) < 4.78 is 37.5. The Labute approximate surface area is 153 Å². The molecule has 0 atom stereocenters. The van der Waals surface area contributed by atoms with Gasteiger partial charge in [0.1, 0.15) is 15.5 Å². The quantitative estimate of drug-likeness (QED) is 0.654. The summed E-state index contributed by atoms with van der Waals surface area (Å²) in [6, 6.07) is 6.76. The van der Waals surface area contributed by atoms with Gasteiger partial charge in [-0.15, -0.1) is 11.3 Å². The fraction of sp³-hybridized carbons (Fsp3) is 0.267. The zero-order valence-corrected chi connectivity index (χ0v) is 16.5. The van der Waals surface area contributed by atoms with Crippen LogP contribution < -0.4 is 4.74 Å². The molecule has 0 fully saturated rings. The Hall–Kier alpha value is -1.42. The van der Waals surface area contributed by atoms with Crippen LogP contribution in [0.1, 0.15) is 15.2 Å². The average molecular weight is 434 g/mol. The molecule has 2 aromatic rings. The fourth-order valence-electron chi connectivity index (χ4n) is 2.11. The molecule has 0 saturated carbocycles. The van der Waals surface area contributed by atoms with Gasteiger partial charge in [0.15, 0.2) is 0 Å². The first kappa shape index (κ1) is 18.9. The maximum absolute atomic E-state index is 12.8. The highest BCUT2D eigenvalue weighted by atomic mass is 79.9. The van der Waals surface area contributed by atoms with Crippen molar-refractivity contribution in [2.24, 2.45) is 0 Å². The van der Waals surface area contributed by atoms with Crippen LogP contribution in [0, 0.1) is 0 Å². The summed E-state index contributed by atoms with van der Waals surface area (Å²) in [6.45, 7) is 0.0986. The molecule has 0 unspecified atom stereocenters. The van der Waals surface area contributed by atoms with Gasteiger partial charge in [0, 0.05) is 23.6 Å². The van der Waals surface area contributed by atoms with Crippen LogP contribution in [0.25, 0.3) is 0 Å². The minimum Gasteiger partial charge on any atom is -0.496 e. The molecule has 0 bridgehead atoms. The summed E-state index contributed by atoms with van der Waals surface area (Å²) in [5.41, 5.74) is 0.702. The number of sulfonamides is 1. The van der Waals surface area contributed by atoms with Crippen molar-refractivity contribution in [2.45, 2.75) is 11.4 Å². The van der Waals surface area contributed by atoms with Crippen molar-refractivity contribution in [1.29, 1.82) is 0 Å². The van der Waals surface area contributed by atoms with Crippen LogP contribution in [0.2, 0.25) is 0 Å². The Balaban J connectivity index is 2.36. The van der Waals surface area contributed by atoms with E-state index in [9.17, 15) is 13.2 Å².